The number of carbonyl (C=O) groups is 1. The second kappa shape index (κ2) is 7.66. The lowest BCUT2D eigenvalue weighted by molar-refractivity contribution is 0.0926. The second-order valence-corrected chi connectivity index (χ2v) is 5.70. The van der Waals surface area contributed by atoms with Gasteiger partial charge in [-0.05, 0) is 66.9 Å². The third-order valence-electron chi connectivity index (χ3n) is 3.82. The van der Waals surface area contributed by atoms with E-state index in [1.807, 2.05) is 12.1 Å². The van der Waals surface area contributed by atoms with Gasteiger partial charge in [-0.2, -0.15) is 0 Å². The van der Waals surface area contributed by atoms with Gasteiger partial charge in [0.25, 0.3) is 5.91 Å². The minimum absolute atomic E-state index is 0.226. The molecule has 3 rings (SSSR count). The maximum absolute atomic E-state index is 12.9. The molecule has 2 N–H and O–H groups in total. The molecule has 0 fully saturated rings. The van der Waals surface area contributed by atoms with Gasteiger partial charge < -0.3 is 14.8 Å². The summed E-state index contributed by atoms with van der Waals surface area (Å²) in [4.78, 5) is 12.1. The lowest BCUT2D eigenvalue weighted by Crippen LogP contribution is -2.24. The molecule has 0 saturated heterocycles. The van der Waals surface area contributed by atoms with E-state index in [2.05, 4.69) is 5.32 Å². The molecule has 1 heterocycles. The van der Waals surface area contributed by atoms with Crippen molar-refractivity contribution >= 4 is 5.91 Å². The Bertz CT molecular complexity index is 838. The summed E-state index contributed by atoms with van der Waals surface area (Å²) in [6.45, 7) is 0.520. The number of nitrogens with one attached hydrogen (secondary N) is 1. The van der Waals surface area contributed by atoms with E-state index in [4.69, 9.17) is 4.42 Å². The molecule has 4 nitrogen and oxygen atoms in total. The highest BCUT2D eigenvalue weighted by atomic mass is 19.1. The number of aryl methyl sites for hydroxylation is 1. The van der Waals surface area contributed by atoms with Crippen LogP contribution in [0.3, 0.4) is 0 Å². The molecule has 1 amide bonds. The summed E-state index contributed by atoms with van der Waals surface area (Å²) in [5.41, 5.74) is 1.82. The van der Waals surface area contributed by atoms with Crippen molar-refractivity contribution in [2.24, 2.45) is 0 Å². The second-order valence-electron chi connectivity index (χ2n) is 5.70. The van der Waals surface area contributed by atoms with E-state index in [0.717, 1.165) is 18.4 Å². The zero-order valence-electron chi connectivity index (χ0n) is 13.5. The quantitative estimate of drug-likeness (QED) is 0.663. The molecule has 0 unspecified atom stereocenters. The third kappa shape index (κ3) is 4.47. The van der Waals surface area contributed by atoms with Crippen LogP contribution in [0, 0.1) is 5.82 Å². The largest absolute Gasteiger partial charge is 0.508 e. The first-order valence-electron chi connectivity index (χ1n) is 8.04. The monoisotopic (exact) mass is 339 g/mol. The van der Waals surface area contributed by atoms with Crippen molar-refractivity contribution in [2.75, 3.05) is 6.54 Å². The van der Waals surface area contributed by atoms with Crippen LogP contribution in [0.25, 0.3) is 11.3 Å². The van der Waals surface area contributed by atoms with Crippen molar-refractivity contribution in [2.45, 2.75) is 12.8 Å². The fourth-order valence-electron chi connectivity index (χ4n) is 2.47. The molecule has 3 aromatic rings. The predicted molar refractivity (Wildman–Crippen MR) is 92.9 cm³/mol. The minimum Gasteiger partial charge on any atom is -0.508 e. The van der Waals surface area contributed by atoms with Gasteiger partial charge in [0.05, 0.1) is 0 Å². The summed E-state index contributed by atoms with van der Waals surface area (Å²) in [6.07, 6.45) is 1.58. The highest BCUT2D eigenvalue weighted by Gasteiger charge is 2.11. The number of hydrogen-bond acceptors (Lipinski definition) is 3. The smallest absolute Gasteiger partial charge is 0.287 e. The average Bonchev–Trinajstić information content (AvgIpc) is 3.11. The van der Waals surface area contributed by atoms with Gasteiger partial charge in [0.1, 0.15) is 17.3 Å². The highest BCUT2D eigenvalue weighted by molar-refractivity contribution is 5.92. The van der Waals surface area contributed by atoms with Crippen LogP contribution in [0.5, 0.6) is 5.75 Å². The van der Waals surface area contributed by atoms with Gasteiger partial charge in [0, 0.05) is 12.1 Å². The Morgan fingerprint density at radius 3 is 2.44 bits per heavy atom. The number of phenols is 1. The molecule has 0 radical (unpaired) electrons. The van der Waals surface area contributed by atoms with Crippen molar-refractivity contribution < 1.29 is 18.7 Å². The van der Waals surface area contributed by atoms with Gasteiger partial charge in [-0.15, -0.1) is 0 Å². The molecule has 0 spiro atoms. The number of furan rings is 1. The van der Waals surface area contributed by atoms with E-state index in [1.165, 1.54) is 12.1 Å². The zero-order valence-corrected chi connectivity index (χ0v) is 13.5. The van der Waals surface area contributed by atoms with Crippen LogP contribution < -0.4 is 5.32 Å². The van der Waals surface area contributed by atoms with Crippen LogP contribution in [0.2, 0.25) is 0 Å². The fourth-order valence-corrected chi connectivity index (χ4v) is 2.47. The molecule has 5 heteroatoms. The maximum Gasteiger partial charge on any atom is 0.287 e. The molecule has 0 aliphatic carbocycles. The summed E-state index contributed by atoms with van der Waals surface area (Å²) in [6, 6.07) is 16.2. The van der Waals surface area contributed by atoms with Crippen LogP contribution in [-0.2, 0) is 6.42 Å². The summed E-state index contributed by atoms with van der Waals surface area (Å²) in [7, 11) is 0. The molecule has 0 aliphatic rings. The van der Waals surface area contributed by atoms with E-state index in [-0.39, 0.29) is 23.2 Å². The summed E-state index contributed by atoms with van der Waals surface area (Å²) in [5.74, 6) is 0.394. The minimum atomic E-state index is -0.318. The van der Waals surface area contributed by atoms with Crippen LogP contribution in [-0.4, -0.2) is 17.6 Å². The van der Waals surface area contributed by atoms with E-state index in [0.29, 0.717) is 17.9 Å². The van der Waals surface area contributed by atoms with Crippen molar-refractivity contribution in [3.63, 3.8) is 0 Å². The number of halogens is 1. The molecular weight excluding hydrogens is 321 g/mol. The number of hydrogen-bond donors (Lipinski definition) is 2. The van der Waals surface area contributed by atoms with Gasteiger partial charge in [0.2, 0.25) is 0 Å². The average molecular weight is 339 g/mol. The molecular formula is C20H18FNO3. The van der Waals surface area contributed by atoms with Gasteiger partial charge >= 0.3 is 0 Å². The number of phenolic OH excluding ortho intramolecular Hbond substituents is 1. The van der Waals surface area contributed by atoms with Crippen LogP contribution in [0.4, 0.5) is 4.39 Å². The molecule has 0 saturated carbocycles. The summed E-state index contributed by atoms with van der Waals surface area (Å²) < 4.78 is 18.5. The number of rotatable bonds is 6. The molecule has 0 aliphatic heterocycles. The molecule has 2 aromatic carbocycles. The molecule has 25 heavy (non-hydrogen) atoms. The van der Waals surface area contributed by atoms with E-state index < -0.39 is 0 Å². The fraction of sp³-hybridized carbons (Fsp3) is 0.150. The van der Waals surface area contributed by atoms with Gasteiger partial charge in [-0.1, -0.05) is 12.1 Å². The van der Waals surface area contributed by atoms with Crippen LogP contribution in [0.1, 0.15) is 22.5 Å². The third-order valence-corrected chi connectivity index (χ3v) is 3.82. The summed E-state index contributed by atoms with van der Waals surface area (Å²) in [5, 5.41) is 12.1. The van der Waals surface area contributed by atoms with Crippen molar-refractivity contribution in [3.8, 4) is 17.1 Å². The molecule has 0 bridgehead atoms. The van der Waals surface area contributed by atoms with Crippen LogP contribution in [0.15, 0.2) is 65.1 Å². The van der Waals surface area contributed by atoms with Gasteiger partial charge in [-0.3, -0.25) is 4.79 Å². The topological polar surface area (TPSA) is 62.5 Å². The number of aromatic hydroxyl groups is 1. The molecule has 0 atom stereocenters. The first-order chi connectivity index (χ1) is 12.1. The lowest BCUT2D eigenvalue weighted by Gasteiger charge is -2.04. The van der Waals surface area contributed by atoms with E-state index in [9.17, 15) is 14.3 Å². The first-order valence-corrected chi connectivity index (χ1v) is 8.04. The number of benzene rings is 2. The normalized spacial score (nSPS) is 10.6. The number of carbonyl (C=O) groups excluding carboxylic acids is 1. The van der Waals surface area contributed by atoms with Crippen molar-refractivity contribution in [1.29, 1.82) is 0 Å². The first kappa shape index (κ1) is 16.8. The Morgan fingerprint density at radius 1 is 1.00 bits per heavy atom. The molecule has 128 valence electrons. The Balaban J connectivity index is 1.50. The SMILES string of the molecule is O=C(NCCCc1ccc(O)cc1)c1ccc(-c2ccc(F)cc2)o1. The predicted octanol–water partition coefficient (Wildman–Crippen LogP) is 4.15. The maximum atomic E-state index is 12.9. The van der Waals surface area contributed by atoms with Crippen molar-refractivity contribution in [3.05, 3.63) is 77.8 Å². The Morgan fingerprint density at radius 2 is 1.72 bits per heavy atom. The van der Waals surface area contributed by atoms with Gasteiger partial charge in [0.15, 0.2) is 5.76 Å². The molecule has 1 aromatic heterocycles. The Kier molecular flexibility index (Phi) is 5.14. The highest BCUT2D eigenvalue weighted by Crippen LogP contribution is 2.22. The van der Waals surface area contributed by atoms with E-state index in [1.54, 1.807) is 36.4 Å². The zero-order chi connectivity index (χ0) is 17.6. The van der Waals surface area contributed by atoms with Gasteiger partial charge in [-0.25, -0.2) is 4.39 Å². The lowest BCUT2D eigenvalue weighted by atomic mass is 10.1. The van der Waals surface area contributed by atoms with E-state index >= 15 is 0 Å². The van der Waals surface area contributed by atoms with Crippen LogP contribution >= 0.6 is 0 Å². The van der Waals surface area contributed by atoms with Crippen molar-refractivity contribution in [1.82, 2.24) is 5.32 Å². The standard InChI is InChI=1S/C20H18FNO3/c21-16-7-5-15(6-8-16)18-11-12-19(25-18)20(24)22-13-1-2-14-3-9-17(23)10-4-14/h3-12,23H,1-2,13H2,(H,22,24). The Labute approximate surface area is 144 Å². The number of amides is 1. The Hall–Kier alpha value is -3.08. The summed E-state index contributed by atoms with van der Waals surface area (Å²) >= 11 is 0.